The summed E-state index contributed by atoms with van der Waals surface area (Å²) in [5.74, 6) is 0.743. The fourth-order valence-electron chi connectivity index (χ4n) is 2.83. The Morgan fingerprint density at radius 3 is 2.42 bits per heavy atom. The Morgan fingerprint density at radius 2 is 1.79 bits per heavy atom. The first-order valence-electron chi connectivity index (χ1n) is 7.27. The van der Waals surface area contributed by atoms with E-state index in [1.165, 1.54) is 16.8 Å². The van der Waals surface area contributed by atoms with Gasteiger partial charge in [-0.05, 0) is 43.9 Å². The zero-order valence-electron chi connectivity index (χ0n) is 11.9. The summed E-state index contributed by atoms with van der Waals surface area (Å²) in [4.78, 5) is 16.5. The van der Waals surface area contributed by atoms with E-state index < -0.39 is 0 Å². The Hall–Kier alpha value is -1.51. The average molecular weight is 258 g/mol. The lowest BCUT2D eigenvalue weighted by Crippen LogP contribution is -2.49. The molecule has 0 aromatic heterocycles. The van der Waals surface area contributed by atoms with Crippen molar-refractivity contribution < 1.29 is 4.79 Å². The number of rotatable bonds is 2. The highest BCUT2D eigenvalue weighted by molar-refractivity contribution is 5.81. The molecule has 0 spiro atoms. The molecule has 1 aromatic rings. The van der Waals surface area contributed by atoms with Crippen LogP contribution in [0.25, 0.3) is 0 Å². The van der Waals surface area contributed by atoms with Crippen molar-refractivity contribution in [1.82, 2.24) is 4.90 Å². The molecule has 0 unspecified atom stereocenters. The molecule has 102 valence electrons. The molecule has 1 saturated heterocycles. The zero-order valence-corrected chi connectivity index (χ0v) is 11.9. The summed E-state index contributed by atoms with van der Waals surface area (Å²) in [6.07, 6.45) is 2.21. The minimum atomic E-state index is 0.354. The summed E-state index contributed by atoms with van der Waals surface area (Å²) in [5, 5.41) is 0. The van der Waals surface area contributed by atoms with E-state index in [0.717, 1.165) is 39.0 Å². The summed E-state index contributed by atoms with van der Waals surface area (Å²) in [6.45, 7) is 8.02. The molecule has 3 nitrogen and oxygen atoms in total. The first kappa shape index (κ1) is 12.5. The number of carbonyl (C=O) groups is 1. The number of carbonyl (C=O) groups excluding carboxylic acids is 1. The number of nitrogens with zero attached hydrogens (tertiary/aromatic N) is 2. The number of hydrogen-bond acceptors (Lipinski definition) is 2. The molecular formula is C16H22N2O. The van der Waals surface area contributed by atoms with E-state index in [1.807, 2.05) is 0 Å². The number of amides is 1. The van der Waals surface area contributed by atoms with Crippen molar-refractivity contribution in [2.24, 2.45) is 5.92 Å². The van der Waals surface area contributed by atoms with Crippen molar-refractivity contribution in [3.8, 4) is 0 Å². The molecule has 2 fully saturated rings. The van der Waals surface area contributed by atoms with Crippen LogP contribution in [-0.2, 0) is 4.79 Å². The smallest absolute Gasteiger partial charge is 0.225 e. The van der Waals surface area contributed by atoms with Crippen LogP contribution in [0.1, 0.15) is 24.0 Å². The molecule has 1 amide bonds. The Balaban J connectivity index is 1.66. The summed E-state index contributed by atoms with van der Waals surface area (Å²) >= 11 is 0. The molecule has 0 bridgehead atoms. The predicted molar refractivity (Wildman–Crippen MR) is 77.4 cm³/mol. The molecule has 1 aromatic carbocycles. The lowest BCUT2D eigenvalue weighted by Gasteiger charge is -2.37. The van der Waals surface area contributed by atoms with Crippen molar-refractivity contribution in [1.29, 1.82) is 0 Å². The van der Waals surface area contributed by atoms with Crippen molar-refractivity contribution in [2.75, 3.05) is 31.1 Å². The van der Waals surface area contributed by atoms with Gasteiger partial charge in [0, 0.05) is 37.8 Å². The second kappa shape index (κ2) is 4.87. The van der Waals surface area contributed by atoms with E-state index in [0.29, 0.717) is 11.8 Å². The SMILES string of the molecule is Cc1cccc(N2CCN(C(=O)C3CC3)CC2)c1C. The van der Waals surface area contributed by atoms with E-state index in [2.05, 4.69) is 41.8 Å². The van der Waals surface area contributed by atoms with E-state index in [9.17, 15) is 4.79 Å². The Labute approximate surface area is 115 Å². The highest BCUT2D eigenvalue weighted by Gasteiger charge is 2.34. The molecule has 0 atom stereocenters. The van der Waals surface area contributed by atoms with Crippen LogP contribution in [0.3, 0.4) is 0 Å². The Morgan fingerprint density at radius 1 is 1.11 bits per heavy atom. The molecule has 1 heterocycles. The zero-order chi connectivity index (χ0) is 13.4. The molecule has 1 aliphatic heterocycles. The predicted octanol–water partition coefficient (Wildman–Crippen LogP) is 2.36. The topological polar surface area (TPSA) is 23.6 Å². The van der Waals surface area contributed by atoms with Crippen molar-refractivity contribution in [3.05, 3.63) is 29.3 Å². The van der Waals surface area contributed by atoms with Gasteiger partial charge < -0.3 is 9.80 Å². The van der Waals surface area contributed by atoms with Gasteiger partial charge >= 0.3 is 0 Å². The van der Waals surface area contributed by atoms with E-state index >= 15 is 0 Å². The van der Waals surface area contributed by atoms with Crippen LogP contribution in [0.5, 0.6) is 0 Å². The minimum absolute atomic E-state index is 0.354. The standard InChI is InChI=1S/C16H22N2O/c1-12-4-3-5-15(13(12)2)17-8-10-18(11-9-17)16(19)14-6-7-14/h3-5,14H,6-11H2,1-2H3. The van der Waals surface area contributed by atoms with Crippen LogP contribution in [0, 0.1) is 19.8 Å². The number of benzene rings is 1. The average Bonchev–Trinajstić information content (AvgIpc) is 3.26. The Bertz CT molecular complexity index is 486. The van der Waals surface area contributed by atoms with Gasteiger partial charge in [0.1, 0.15) is 0 Å². The fraction of sp³-hybridized carbons (Fsp3) is 0.562. The molecular weight excluding hydrogens is 236 g/mol. The second-order valence-corrected chi connectivity index (χ2v) is 5.81. The van der Waals surface area contributed by atoms with Crippen LogP contribution in [-0.4, -0.2) is 37.0 Å². The lowest BCUT2D eigenvalue weighted by atomic mass is 10.1. The van der Waals surface area contributed by atoms with E-state index in [1.54, 1.807) is 0 Å². The van der Waals surface area contributed by atoms with Gasteiger partial charge in [0.25, 0.3) is 0 Å². The third kappa shape index (κ3) is 2.46. The largest absolute Gasteiger partial charge is 0.368 e. The summed E-state index contributed by atoms with van der Waals surface area (Å²) in [7, 11) is 0. The first-order valence-corrected chi connectivity index (χ1v) is 7.27. The summed E-state index contributed by atoms with van der Waals surface area (Å²) in [6, 6.07) is 6.48. The molecule has 1 saturated carbocycles. The maximum absolute atomic E-state index is 12.0. The minimum Gasteiger partial charge on any atom is -0.368 e. The Kier molecular flexibility index (Phi) is 3.21. The summed E-state index contributed by atoms with van der Waals surface area (Å²) < 4.78 is 0. The van der Waals surface area contributed by atoms with Crippen LogP contribution in [0.2, 0.25) is 0 Å². The van der Waals surface area contributed by atoms with Gasteiger partial charge in [-0.15, -0.1) is 0 Å². The molecule has 3 rings (SSSR count). The molecule has 2 aliphatic rings. The van der Waals surface area contributed by atoms with E-state index in [4.69, 9.17) is 0 Å². The van der Waals surface area contributed by atoms with Crippen LogP contribution >= 0.6 is 0 Å². The second-order valence-electron chi connectivity index (χ2n) is 5.81. The van der Waals surface area contributed by atoms with Crippen LogP contribution in [0.4, 0.5) is 5.69 Å². The van der Waals surface area contributed by atoms with Crippen LogP contribution in [0.15, 0.2) is 18.2 Å². The number of piperazine rings is 1. The van der Waals surface area contributed by atoms with Gasteiger partial charge in [-0.1, -0.05) is 12.1 Å². The van der Waals surface area contributed by atoms with Gasteiger partial charge in [0.05, 0.1) is 0 Å². The van der Waals surface area contributed by atoms with Crippen molar-refractivity contribution in [2.45, 2.75) is 26.7 Å². The quantitative estimate of drug-likeness (QED) is 0.813. The monoisotopic (exact) mass is 258 g/mol. The van der Waals surface area contributed by atoms with Gasteiger partial charge in [0.2, 0.25) is 5.91 Å². The fourth-order valence-corrected chi connectivity index (χ4v) is 2.83. The van der Waals surface area contributed by atoms with Crippen LogP contribution < -0.4 is 4.90 Å². The van der Waals surface area contributed by atoms with Crippen molar-refractivity contribution >= 4 is 11.6 Å². The first-order chi connectivity index (χ1) is 9.16. The molecule has 3 heteroatoms. The molecule has 0 N–H and O–H groups in total. The lowest BCUT2D eigenvalue weighted by molar-refractivity contribution is -0.132. The maximum atomic E-state index is 12.0. The van der Waals surface area contributed by atoms with Gasteiger partial charge in [0.15, 0.2) is 0 Å². The number of anilines is 1. The highest BCUT2D eigenvalue weighted by atomic mass is 16.2. The maximum Gasteiger partial charge on any atom is 0.225 e. The third-order valence-electron chi connectivity index (χ3n) is 4.43. The van der Waals surface area contributed by atoms with Crippen molar-refractivity contribution in [3.63, 3.8) is 0 Å². The third-order valence-corrected chi connectivity index (χ3v) is 4.43. The number of hydrogen-bond donors (Lipinski definition) is 0. The number of aryl methyl sites for hydroxylation is 1. The highest BCUT2D eigenvalue weighted by Crippen LogP contribution is 2.32. The summed E-state index contributed by atoms with van der Waals surface area (Å²) in [5.41, 5.74) is 4.04. The van der Waals surface area contributed by atoms with Gasteiger partial charge in [-0.25, -0.2) is 0 Å². The van der Waals surface area contributed by atoms with Gasteiger partial charge in [-0.2, -0.15) is 0 Å². The molecule has 1 aliphatic carbocycles. The molecule has 19 heavy (non-hydrogen) atoms. The normalized spacial score (nSPS) is 19.7. The van der Waals surface area contributed by atoms with Gasteiger partial charge in [-0.3, -0.25) is 4.79 Å². The van der Waals surface area contributed by atoms with E-state index in [-0.39, 0.29) is 0 Å². The molecule has 0 radical (unpaired) electrons.